The number of pyridine rings is 1. The number of amides is 1. The zero-order chi connectivity index (χ0) is 15.6. The van der Waals surface area contributed by atoms with Gasteiger partial charge in [0.25, 0.3) is 5.91 Å². The Balaban J connectivity index is 1.53. The van der Waals surface area contributed by atoms with Crippen LogP contribution in [0.15, 0.2) is 54.9 Å². The lowest BCUT2D eigenvalue weighted by Crippen LogP contribution is -2.23. The van der Waals surface area contributed by atoms with Crippen LogP contribution in [0.2, 0.25) is 0 Å². The zero-order valence-electron chi connectivity index (χ0n) is 12.7. The van der Waals surface area contributed by atoms with Crippen LogP contribution in [0.4, 0.5) is 0 Å². The SMILES string of the molecule is O=C(NCc1ccc2c(c1)CNC2)c1cccc2cnccc12. The Morgan fingerprint density at radius 1 is 1.13 bits per heavy atom. The maximum atomic E-state index is 12.5. The minimum atomic E-state index is -0.0552. The quantitative estimate of drug-likeness (QED) is 0.782. The van der Waals surface area contributed by atoms with Crippen molar-refractivity contribution in [3.05, 3.63) is 77.1 Å². The molecule has 1 aliphatic heterocycles. The lowest BCUT2D eigenvalue weighted by atomic mass is 10.0. The first-order chi connectivity index (χ1) is 11.3. The number of benzene rings is 2. The summed E-state index contributed by atoms with van der Waals surface area (Å²) < 4.78 is 0. The van der Waals surface area contributed by atoms with E-state index < -0.39 is 0 Å². The summed E-state index contributed by atoms with van der Waals surface area (Å²) in [6, 6.07) is 14.0. The molecule has 0 saturated heterocycles. The van der Waals surface area contributed by atoms with Crippen LogP contribution in [0.1, 0.15) is 27.0 Å². The maximum absolute atomic E-state index is 12.5. The van der Waals surface area contributed by atoms with Crippen molar-refractivity contribution in [3.8, 4) is 0 Å². The van der Waals surface area contributed by atoms with Crippen molar-refractivity contribution in [1.29, 1.82) is 0 Å². The molecule has 2 heterocycles. The van der Waals surface area contributed by atoms with Crippen molar-refractivity contribution in [2.45, 2.75) is 19.6 Å². The molecule has 0 spiro atoms. The summed E-state index contributed by atoms with van der Waals surface area (Å²) in [4.78, 5) is 16.6. The van der Waals surface area contributed by atoms with Gasteiger partial charge in [0.15, 0.2) is 0 Å². The number of carbonyl (C=O) groups excluding carboxylic acids is 1. The fourth-order valence-corrected chi connectivity index (χ4v) is 3.06. The molecule has 4 heteroatoms. The van der Waals surface area contributed by atoms with Crippen molar-refractivity contribution in [1.82, 2.24) is 15.6 Å². The number of carbonyl (C=O) groups is 1. The average molecular weight is 303 g/mol. The first kappa shape index (κ1) is 13.9. The van der Waals surface area contributed by atoms with Crippen LogP contribution in [0.3, 0.4) is 0 Å². The molecule has 23 heavy (non-hydrogen) atoms. The van der Waals surface area contributed by atoms with Gasteiger partial charge in [-0.05, 0) is 34.2 Å². The van der Waals surface area contributed by atoms with E-state index in [9.17, 15) is 4.79 Å². The fraction of sp³-hybridized carbons (Fsp3) is 0.158. The van der Waals surface area contributed by atoms with Gasteiger partial charge in [0.05, 0.1) is 0 Å². The second-order valence-corrected chi connectivity index (χ2v) is 5.79. The van der Waals surface area contributed by atoms with E-state index in [4.69, 9.17) is 0 Å². The molecule has 2 aromatic carbocycles. The minimum Gasteiger partial charge on any atom is -0.348 e. The van der Waals surface area contributed by atoms with Gasteiger partial charge in [0, 0.05) is 43.0 Å². The number of aromatic nitrogens is 1. The van der Waals surface area contributed by atoms with Gasteiger partial charge in [-0.25, -0.2) is 0 Å². The highest BCUT2D eigenvalue weighted by atomic mass is 16.1. The molecule has 4 rings (SSSR count). The van der Waals surface area contributed by atoms with Crippen molar-refractivity contribution in [2.24, 2.45) is 0 Å². The third-order valence-electron chi connectivity index (χ3n) is 4.28. The standard InChI is InChI=1S/C19H17N3O/c23-19(18-3-1-2-15-11-20-7-6-17(15)18)22-9-13-4-5-14-10-21-12-16(14)8-13/h1-8,11,21H,9-10,12H2,(H,22,23). The second kappa shape index (κ2) is 5.82. The number of hydrogen-bond acceptors (Lipinski definition) is 3. The van der Waals surface area contributed by atoms with Crippen molar-refractivity contribution in [2.75, 3.05) is 0 Å². The van der Waals surface area contributed by atoms with Gasteiger partial charge < -0.3 is 10.6 Å². The predicted octanol–water partition coefficient (Wildman–Crippen LogP) is 2.77. The van der Waals surface area contributed by atoms with Crippen LogP contribution < -0.4 is 10.6 Å². The highest BCUT2D eigenvalue weighted by Gasteiger charge is 2.12. The summed E-state index contributed by atoms with van der Waals surface area (Å²) >= 11 is 0. The molecule has 0 saturated carbocycles. The number of hydrogen-bond donors (Lipinski definition) is 2. The Bertz CT molecular complexity index is 883. The van der Waals surface area contributed by atoms with Crippen molar-refractivity contribution >= 4 is 16.7 Å². The number of rotatable bonds is 3. The van der Waals surface area contributed by atoms with Gasteiger partial charge >= 0.3 is 0 Å². The molecular weight excluding hydrogens is 286 g/mol. The zero-order valence-corrected chi connectivity index (χ0v) is 12.7. The first-order valence-corrected chi connectivity index (χ1v) is 7.73. The average Bonchev–Trinajstić information content (AvgIpc) is 3.07. The van der Waals surface area contributed by atoms with Crippen molar-refractivity contribution in [3.63, 3.8) is 0 Å². The fourth-order valence-electron chi connectivity index (χ4n) is 3.06. The smallest absolute Gasteiger partial charge is 0.252 e. The van der Waals surface area contributed by atoms with Gasteiger partial charge in [0.2, 0.25) is 0 Å². The van der Waals surface area contributed by atoms with Crippen LogP contribution in [0.5, 0.6) is 0 Å². The van der Waals surface area contributed by atoms with Crippen LogP contribution in [-0.4, -0.2) is 10.9 Å². The summed E-state index contributed by atoms with van der Waals surface area (Å²) in [6.45, 7) is 2.38. The molecule has 1 amide bonds. The summed E-state index contributed by atoms with van der Waals surface area (Å²) in [7, 11) is 0. The lowest BCUT2D eigenvalue weighted by Gasteiger charge is -2.09. The molecule has 0 radical (unpaired) electrons. The molecule has 0 fully saturated rings. The molecular formula is C19H17N3O. The van der Waals surface area contributed by atoms with Gasteiger partial charge in [-0.3, -0.25) is 9.78 Å². The highest BCUT2D eigenvalue weighted by Crippen LogP contribution is 2.19. The Morgan fingerprint density at radius 2 is 2.04 bits per heavy atom. The van der Waals surface area contributed by atoms with E-state index in [2.05, 4.69) is 33.8 Å². The third kappa shape index (κ3) is 2.69. The van der Waals surface area contributed by atoms with Crippen LogP contribution in [0, 0.1) is 0 Å². The molecule has 114 valence electrons. The number of nitrogens with zero attached hydrogens (tertiary/aromatic N) is 1. The Kier molecular flexibility index (Phi) is 3.52. The van der Waals surface area contributed by atoms with Gasteiger partial charge in [-0.2, -0.15) is 0 Å². The maximum Gasteiger partial charge on any atom is 0.252 e. The van der Waals surface area contributed by atoms with E-state index in [1.165, 1.54) is 11.1 Å². The molecule has 1 aromatic heterocycles. The van der Waals surface area contributed by atoms with E-state index in [1.54, 1.807) is 12.4 Å². The summed E-state index contributed by atoms with van der Waals surface area (Å²) in [6.07, 6.45) is 3.49. The van der Waals surface area contributed by atoms with E-state index in [0.717, 1.165) is 29.4 Å². The Labute approximate surface area is 134 Å². The van der Waals surface area contributed by atoms with E-state index in [1.807, 2.05) is 24.3 Å². The molecule has 0 atom stereocenters. The molecule has 2 N–H and O–H groups in total. The highest BCUT2D eigenvalue weighted by molar-refractivity contribution is 6.06. The number of fused-ring (bicyclic) bond motifs is 2. The topological polar surface area (TPSA) is 54.0 Å². The molecule has 4 nitrogen and oxygen atoms in total. The number of nitrogens with one attached hydrogen (secondary N) is 2. The monoisotopic (exact) mass is 303 g/mol. The molecule has 0 aliphatic carbocycles. The molecule has 0 bridgehead atoms. The van der Waals surface area contributed by atoms with Gasteiger partial charge in [0.1, 0.15) is 0 Å². The normalized spacial score (nSPS) is 13.0. The van der Waals surface area contributed by atoms with Crippen LogP contribution >= 0.6 is 0 Å². The largest absolute Gasteiger partial charge is 0.348 e. The van der Waals surface area contributed by atoms with Crippen molar-refractivity contribution < 1.29 is 4.79 Å². The van der Waals surface area contributed by atoms with E-state index in [-0.39, 0.29) is 5.91 Å². The molecule has 1 aliphatic rings. The summed E-state index contributed by atoms with van der Waals surface area (Å²) in [5.74, 6) is -0.0552. The minimum absolute atomic E-state index is 0.0552. The van der Waals surface area contributed by atoms with E-state index >= 15 is 0 Å². The lowest BCUT2D eigenvalue weighted by molar-refractivity contribution is 0.0952. The Hall–Kier alpha value is -2.72. The molecule has 3 aromatic rings. The summed E-state index contributed by atoms with van der Waals surface area (Å²) in [5, 5.41) is 8.26. The van der Waals surface area contributed by atoms with Gasteiger partial charge in [-0.1, -0.05) is 30.3 Å². The van der Waals surface area contributed by atoms with Crippen LogP contribution in [-0.2, 0) is 19.6 Å². The second-order valence-electron chi connectivity index (χ2n) is 5.79. The molecule has 0 unspecified atom stereocenters. The van der Waals surface area contributed by atoms with E-state index in [0.29, 0.717) is 12.1 Å². The predicted molar refractivity (Wildman–Crippen MR) is 89.9 cm³/mol. The summed E-state index contributed by atoms with van der Waals surface area (Å²) in [5.41, 5.74) is 4.49. The van der Waals surface area contributed by atoms with Gasteiger partial charge in [-0.15, -0.1) is 0 Å². The Morgan fingerprint density at radius 3 is 3.00 bits per heavy atom. The van der Waals surface area contributed by atoms with Crippen LogP contribution in [0.25, 0.3) is 10.8 Å². The third-order valence-corrected chi connectivity index (χ3v) is 4.28. The first-order valence-electron chi connectivity index (χ1n) is 7.73.